The van der Waals surface area contributed by atoms with Crippen LogP contribution in [0.4, 0.5) is 21.8 Å². The first-order valence-electron chi connectivity index (χ1n) is 10.4. The Balaban J connectivity index is 1.56. The zero-order chi connectivity index (χ0) is 23.3. The maximum absolute atomic E-state index is 14.2. The van der Waals surface area contributed by atoms with E-state index in [2.05, 4.69) is 25.6 Å². The smallest absolute Gasteiger partial charge is 0.260 e. The van der Waals surface area contributed by atoms with Gasteiger partial charge in [0.05, 0.1) is 27.3 Å². The number of nitrogens with one attached hydrogen (secondary N) is 3. The van der Waals surface area contributed by atoms with Gasteiger partial charge in [-0.3, -0.25) is 4.79 Å². The lowest BCUT2D eigenvalue weighted by atomic mass is 9.99. The maximum Gasteiger partial charge on any atom is 0.260 e. The van der Waals surface area contributed by atoms with Crippen LogP contribution < -0.4 is 15.4 Å². The highest BCUT2D eigenvalue weighted by molar-refractivity contribution is 6.33. The van der Waals surface area contributed by atoms with Crippen molar-refractivity contribution in [2.45, 2.75) is 32.8 Å². The third-order valence-corrected chi connectivity index (χ3v) is 5.72. The van der Waals surface area contributed by atoms with Crippen LogP contribution in [0.3, 0.4) is 0 Å². The molecule has 1 aliphatic heterocycles. The molecule has 2 aromatic carbocycles. The lowest BCUT2D eigenvalue weighted by Crippen LogP contribution is -2.25. The number of carbonyl (C=O) groups excluding carboxylic acids is 1. The van der Waals surface area contributed by atoms with E-state index in [0.717, 1.165) is 11.1 Å². The van der Waals surface area contributed by atoms with Crippen molar-refractivity contribution in [2.75, 3.05) is 10.6 Å². The van der Waals surface area contributed by atoms with Gasteiger partial charge in [-0.25, -0.2) is 14.4 Å². The van der Waals surface area contributed by atoms with Crippen LogP contribution in [-0.2, 0) is 6.42 Å². The van der Waals surface area contributed by atoms with Crippen molar-refractivity contribution in [1.29, 1.82) is 0 Å². The van der Waals surface area contributed by atoms with E-state index in [1.807, 2.05) is 26.8 Å². The number of para-hydroxylation sites is 1. The van der Waals surface area contributed by atoms with Crippen molar-refractivity contribution in [1.82, 2.24) is 15.0 Å². The largest absolute Gasteiger partial charge is 0.486 e. The Bertz CT molecular complexity index is 1380. The number of ether oxygens (including phenoxy) is 1. The second kappa shape index (κ2) is 7.74. The van der Waals surface area contributed by atoms with E-state index in [4.69, 9.17) is 16.3 Å². The molecule has 0 fully saturated rings. The van der Waals surface area contributed by atoms with E-state index in [1.54, 1.807) is 24.4 Å². The monoisotopic (exact) mass is 465 g/mol. The summed E-state index contributed by atoms with van der Waals surface area (Å²) < 4.78 is 20.4. The second-order valence-electron chi connectivity index (χ2n) is 8.65. The number of amides is 1. The molecule has 7 nitrogen and oxygen atoms in total. The van der Waals surface area contributed by atoms with Crippen LogP contribution in [-0.4, -0.2) is 26.5 Å². The average molecular weight is 466 g/mol. The van der Waals surface area contributed by atoms with Crippen LogP contribution in [0.15, 0.2) is 42.6 Å². The maximum atomic E-state index is 14.2. The molecule has 2 aromatic heterocycles. The first kappa shape index (κ1) is 21.2. The number of halogens is 2. The molecule has 168 valence electrons. The molecule has 0 bridgehead atoms. The van der Waals surface area contributed by atoms with Crippen LogP contribution in [0, 0.1) is 12.7 Å². The average Bonchev–Trinajstić information content (AvgIpc) is 3.31. The minimum absolute atomic E-state index is 0.120. The second-order valence-corrected chi connectivity index (χ2v) is 9.06. The third kappa shape index (κ3) is 3.98. The first-order valence-corrected chi connectivity index (χ1v) is 10.8. The van der Waals surface area contributed by atoms with Gasteiger partial charge in [-0.1, -0.05) is 23.7 Å². The number of hydrogen-bond donors (Lipinski definition) is 3. The molecule has 9 heteroatoms. The molecule has 0 aliphatic carbocycles. The number of anilines is 3. The predicted octanol–water partition coefficient (Wildman–Crippen LogP) is 5.77. The van der Waals surface area contributed by atoms with Crippen LogP contribution in [0.2, 0.25) is 5.02 Å². The van der Waals surface area contributed by atoms with Crippen LogP contribution >= 0.6 is 11.6 Å². The number of hydrogen-bond acceptors (Lipinski definition) is 5. The van der Waals surface area contributed by atoms with Crippen LogP contribution in [0.1, 0.15) is 35.3 Å². The molecule has 33 heavy (non-hydrogen) atoms. The molecule has 4 aromatic rings. The van der Waals surface area contributed by atoms with Gasteiger partial charge in [-0.15, -0.1) is 0 Å². The number of imidazole rings is 1. The van der Waals surface area contributed by atoms with Gasteiger partial charge in [0.25, 0.3) is 5.91 Å². The molecule has 1 aliphatic rings. The van der Waals surface area contributed by atoms with Crippen molar-refractivity contribution in [3.05, 3.63) is 70.1 Å². The van der Waals surface area contributed by atoms with Gasteiger partial charge in [-0.05, 0) is 50.6 Å². The van der Waals surface area contributed by atoms with Crippen molar-refractivity contribution in [3.8, 4) is 5.75 Å². The summed E-state index contributed by atoms with van der Waals surface area (Å²) in [5, 5.41) is 5.96. The van der Waals surface area contributed by atoms with Gasteiger partial charge in [-0.2, -0.15) is 0 Å². The van der Waals surface area contributed by atoms with Gasteiger partial charge in [0.15, 0.2) is 0 Å². The van der Waals surface area contributed by atoms with E-state index >= 15 is 0 Å². The lowest BCUT2D eigenvalue weighted by Gasteiger charge is -2.18. The minimum Gasteiger partial charge on any atom is -0.486 e. The number of aromatic nitrogens is 3. The molecule has 0 spiro atoms. The standard InChI is InChI=1S/C24H21ClFN5O2/c1-12-7-8-18(27-11-12)29-22(32)13-9-17-19(14-10-24(2,3)33-21(13)14)30-23(28-17)31-20-15(25)5-4-6-16(20)26/h4-9,11H,10H2,1-3H3,(H,27,29,32)(H2,28,30,31). The molecule has 1 amide bonds. The van der Waals surface area contributed by atoms with Crippen molar-refractivity contribution in [3.63, 3.8) is 0 Å². The number of rotatable bonds is 4. The molecule has 0 unspecified atom stereocenters. The zero-order valence-electron chi connectivity index (χ0n) is 18.2. The Morgan fingerprint density at radius 1 is 1.27 bits per heavy atom. The number of aromatic amines is 1. The first-order chi connectivity index (χ1) is 15.7. The summed E-state index contributed by atoms with van der Waals surface area (Å²) in [7, 11) is 0. The highest BCUT2D eigenvalue weighted by Gasteiger charge is 2.36. The quantitative estimate of drug-likeness (QED) is 0.356. The number of fused-ring (bicyclic) bond motifs is 3. The van der Waals surface area contributed by atoms with Crippen molar-refractivity contribution >= 4 is 46.0 Å². The Morgan fingerprint density at radius 3 is 2.82 bits per heavy atom. The molecule has 0 saturated carbocycles. The zero-order valence-corrected chi connectivity index (χ0v) is 19.0. The van der Waals surface area contributed by atoms with E-state index in [1.165, 1.54) is 12.1 Å². The Kier molecular flexibility index (Phi) is 4.97. The minimum atomic E-state index is -0.505. The molecule has 0 radical (unpaired) electrons. The lowest BCUT2D eigenvalue weighted by molar-refractivity contribution is 0.101. The molecular weight excluding hydrogens is 445 g/mol. The van der Waals surface area contributed by atoms with E-state index in [-0.39, 0.29) is 16.6 Å². The molecular formula is C24H21ClFN5O2. The summed E-state index contributed by atoms with van der Waals surface area (Å²) in [5.41, 5.74) is 3.05. The number of aryl methyl sites for hydroxylation is 1. The summed E-state index contributed by atoms with van der Waals surface area (Å²) >= 11 is 6.14. The van der Waals surface area contributed by atoms with E-state index in [9.17, 15) is 9.18 Å². The SMILES string of the molecule is Cc1ccc(NC(=O)c2cc3[nH]c(Nc4c(F)cccc4Cl)nc3c3c2OC(C)(C)C3)nc1. The Hall–Kier alpha value is -3.65. The van der Waals surface area contributed by atoms with Crippen molar-refractivity contribution in [2.24, 2.45) is 0 Å². The number of carbonyl (C=O) groups is 1. The number of H-pyrrole nitrogens is 1. The summed E-state index contributed by atoms with van der Waals surface area (Å²) in [6.07, 6.45) is 2.25. The highest BCUT2D eigenvalue weighted by atomic mass is 35.5. The fourth-order valence-corrected chi connectivity index (χ4v) is 4.12. The molecule has 5 rings (SSSR count). The fraction of sp³-hybridized carbons (Fsp3) is 0.208. The van der Waals surface area contributed by atoms with Gasteiger partial charge < -0.3 is 20.4 Å². The van der Waals surface area contributed by atoms with Crippen LogP contribution in [0.25, 0.3) is 11.0 Å². The number of nitrogens with zero attached hydrogens (tertiary/aromatic N) is 2. The summed E-state index contributed by atoms with van der Waals surface area (Å²) in [6, 6.07) is 9.73. The van der Waals surface area contributed by atoms with Gasteiger partial charge in [0.1, 0.15) is 23.0 Å². The summed E-state index contributed by atoms with van der Waals surface area (Å²) in [4.78, 5) is 25.1. The highest BCUT2D eigenvalue weighted by Crippen LogP contribution is 2.42. The van der Waals surface area contributed by atoms with E-state index in [0.29, 0.717) is 40.5 Å². The molecule has 3 heterocycles. The summed E-state index contributed by atoms with van der Waals surface area (Å²) in [6.45, 7) is 5.83. The normalized spacial score (nSPS) is 14.1. The number of pyridine rings is 1. The van der Waals surface area contributed by atoms with E-state index < -0.39 is 11.4 Å². The number of benzene rings is 2. The van der Waals surface area contributed by atoms with Gasteiger partial charge in [0.2, 0.25) is 5.95 Å². The van der Waals surface area contributed by atoms with Crippen LogP contribution in [0.5, 0.6) is 5.75 Å². The topological polar surface area (TPSA) is 91.9 Å². The summed E-state index contributed by atoms with van der Waals surface area (Å²) in [5.74, 6) is 0.394. The third-order valence-electron chi connectivity index (χ3n) is 5.41. The Labute approximate surface area is 194 Å². The molecule has 0 saturated heterocycles. The Morgan fingerprint density at radius 2 is 2.09 bits per heavy atom. The molecule has 0 atom stereocenters. The van der Waals surface area contributed by atoms with Gasteiger partial charge in [0, 0.05) is 18.2 Å². The fourth-order valence-electron chi connectivity index (χ4n) is 3.91. The molecule has 3 N–H and O–H groups in total. The van der Waals surface area contributed by atoms with Crippen molar-refractivity contribution < 1.29 is 13.9 Å². The predicted molar refractivity (Wildman–Crippen MR) is 126 cm³/mol. The van der Waals surface area contributed by atoms with Gasteiger partial charge >= 0.3 is 0 Å².